The molecule has 1 aliphatic rings. The molecule has 0 atom stereocenters. The number of nitrogens with one attached hydrogen (secondary N) is 1. The number of unbranched alkanes of at least 4 members (excludes halogenated alkanes) is 1. The van der Waals surface area contributed by atoms with Crippen molar-refractivity contribution in [2.24, 2.45) is 0 Å². The molecule has 1 saturated heterocycles. The summed E-state index contributed by atoms with van der Waals surface area (Å²) in [7, 11) is 1.65. The van der Waals surface area contributed by atoms with E-state index in [-0.39, 0.29) is 0 Å². The van der Waals surface area contributed by atoms with Gasteiger partial charge < -0.3 is 14.8 Å². The van der Waals surface area contributed by atoms with Crippen LogP contribution in [0.5, 0.6) is 11.5 Å². The van der Waals surface area contributed by atoms with E-state index in [1.54, 1.807) is 7.11 Å². The smallest absolute Gasteiger partial charge is 0.161 e. The van der Waals surface area contributed by atoms with Gasteiger partial charge in [0.15, 0.2) is 11.5 Å². The number of hydrogen-bond acceptors (Lipinski definition) is 5. The molecule has 0 unspecified atom stereocenters. The first-order chi connectivity index (χ1) is 12.3. The van der Waals surface area contributed by atoms with Gasteiger partial charge in [-0.05, 0) is 50.0 Å². The number of piperidine rings is 1. The van der Waals surface area contributed by atoms with Gasteiger partial charge in [0, 0.05) is 25.6 Å². The molecule has 0 aromatic heterocycles. The zero-order chi connectivity index (χ0) is 17.9. The molecule has 0 spiro atoms. The summed E-state index contributed by atoms with van der Waals surface area (Å²) in [6.07, 6.45) is 5.55. The van der Waals surface area contributed by atoms with Crippen molar-refractivity contribution in [1.82, 2.24) is 10.2 Å². The van der Waals surface area contributed by atoms with Gasteiger partial charge in [-0.1, -0.05) is 12.1 Å². The molecule has 1 N–H and O–H groups in total. The Morgan fingerprint density at radius 2 is 2.16 bits per heavy atom. The molecule has 1 fully saturated rings. The molecule has 0 aliphatic carbocycles. The number of rotatable bonds is 10. The lowest BCUT2D eigenvalue weighted by Crippen LogP contribution is -2.42. The molecule has 0 saturated carbocycles. The van der Waals surface area contributed by atoms with Crippen molar-refractivity contribution in [1.29, 1.82) is 5.26 Å². The summed E-state index contributed by atoms with van der Waals surface area (Å²) in [5, 5.41) is 12.3. The van der Waals surface area contributed by atoms with Gasteiger partial charge in [0.25, 0.3) is 0 Å². The van der Waals surface area contributed by atoms with E-state index in [2.05, 4.69) is 28.9 Å². The maximum atomic E-state index is 8.60. The number of nitriles is 1. The third kappa shape index (κ3) is 6.41. The quantitative estimate of drug-likeness (QED) is 0.522. The van der Waals surface area contributed by atoms with Crippen LogP contribution in [0.3, 0.4) is 0 Å². The largest absolute Gasteiger partial charge is 0.493 e. The SMILES string of the molecule is C=CCN1CCC(NCc2ccc(OC)c(OCCCC#N)c2)CC1. The van der Waals surface area contributed by atoms with Crippen molar-refractivity contribution in [2.45, 2.75) is 38.3 Å². The minimum atomic E-state index is 0.508. The Morgan fingerprint density at radius 1 is 1.36 bits per heavy atom. The van der Waals surface area contributed by atoms with Crippen LogP contribution in [0.4, 0.5) is 0 Å². The highest BCUT2D eigenvalue weighted by Crippen LogP contribution is 2.28. The second-order valence-corrected chi connectivity index (χ2v) is 6.34. The first kappa shape index (κ1) is 19.3. The molecule has 1 aromatic carbocycles. The minimum absolute atomic E-state index is 0.508. The van der Waals surface area contributed by atoms with Crippen LogP contribution >= 0.6 is 0 Å². The highest BCUT2D eigenvalue weighted by Gasteiger charge is 2.17. The van der Waals surface area contributed by atoms with Crippen LogP contribution in [0.15, 0.2) is 30.9 Å². The third-order valence-corrected chi connectivity index (χ3v) is 4.49. The standard InChI is InChI=1S/C20H29N3O2/c1-3-11-23-12-8-18(9-13-23)22-16-17-6-7-19(24-2)20(15-17)25-14-5-4-10-21/h3,6-7,15,18,22H,1,4-5,8-9,11-14,16H2,2H3. The minimum Gasteiger partial charge on any atom is -0.493 e. The van der Waals surface area contributed by atoms with Gasteiger partial charge in [0.2, 0.25) is 0 Å². The number of likely N-dealkylation sites (tertiary alicyclic amines) is 1. The van der Waals surface area contributed by atoms with Crippen LogP contribution in [0.25, 0.3) is 0 Å². The first-order valence-corrected chi connectivity index (χ1v) is 9.00. The normalized spacial score (nSPS) is 15.5. The van der Waals surface area contributed by atoms with E-state index >= 15 is 0 Å². The zero-order valence-electron chi connectivity index (χ0n) is 15.2. The van der Waals surface area contributed by atoms with E-state index < -0.39 is 0 Å². The fraction of sp³-hybridized carbons (Fsp3) is 0.550. The van der Waals surface area contributed by atoms with E-state index in [9.17, 15) is 0 Å². The summed E-state index contributed by atoms with van der Waals surface area (Å²) in [5.41, 5.74) is 1.18. The molecule has 1 aromatic rings. The predicted octanol–water partition coefficient (Wildman–Crippen LogP) is 3.12. The molecule has 5 nitrogen and oxygen atoms in total. The molecule has 5 heteroatoms. The highest BCUT2D eigenvalue weighted by molar-refractivity contribution is 5.43. The van der Waals surface area contributed by atoms with Crippen molar-refractivity contribution in [3.63, 3.8) is 0 Å². The zero-order valence-corrected chi connectivity index (χ0v) is 15.2. The maximum absolute atomic E-state index is 8.60. The number of benzene rings is 1. The van der Waals surface area contributed by atoms with Gasteiger partial charge in [0.1, 0.15) is 0 Å². The molecule has 2 rings (SSSR count). The van der Waals surface area contributed by atoms with Gasteiger partial charge >= 0.3 is 0 Å². The number of nitrogens with zero attached hydrogens (tertiary/aromatic N) is 2. The van der Waals surface area contributed by atoms with Crippen molar-refractivity contribution < 1.29 is 9.47 Å². The Morgan fingerprint density at radius 3 is 2.84 bits per heavy atom. The summed E-state index contributed by atoms with van der Waals surface area (Å²) >= 11 is 0. The summed E-state index contributed by atoms with van der Waals surface area (Å²) in [4.78, 5) is 2.44. The molecule has 136 valence electrons. The molecule has 0 radical (unpaired) electrons. The summed E-state index contributed by atoms with van der Waals surface area (Å²) in [6, 6.07) is 8.74. The van der Waals surface area contributed by atoms with E-state index in [0.717, 1.165) is 44.1 Å². The Hall–Kier alpha value is -2.03. The van der Waals surface area contributed by atoms with Gasteiger partial charge in [0.05, 0.1) is 19.8 Å². The monoisotopic (exact) mass is 343 g/mol. The molecular weight excluding hydrogens is 314 g/mol. The Labute approximate surface area is 151 Å². The average molecular weight is 343 g/mol. The fourth-order valence-corrected chi connectivity index (χ4v) is 3.04. The van der Waals surface area contributed by atoms with Gasteiger partial charge in [-0.15, -0.1) is 6.58 Å². The Kier molecular flexibility index (Phi) is 8.30. The average Bonchev–Trinajstić information content (AvgIpc) is 2.65. The molecule has 25 heavy (non-hydrogen) atoms. The molecule has 1 aliphatic heterocycles. The van der Waals surface area contributed by atoms with E-state index in [1.807, 2.05) is 18.2 Å². The van der Waals surface area contributed by atoms with Crippen LogP contribution < -0.4 is 14.8 Å². The van der Waals surface area contributed by atoms with Crippen molar-refractivity contribution in [3.8, 4) is 17.6 Å². The summed E-state index contributed by atoms with van der Waals surface area (Å²) in [6.45, 7) is 8.40. The Bertz CT molecular complexity index is 575. The number of ether oxygens (including phenoxy) is 2. The molecule has 0 amide bonds. The van der Waals surface area contributed by atoms with Crippen molar-refractivity contribution in [2.75, 3.05) is 33.4 Å². The Balaban J connectivity index is 1.83. The molecule has 0 bridgehead atoms. The maximum Gasteiger partial charge on any atom is 0.161 e. The second kappa shape index (κ2) is 10.8. The first-order valence-electron chi connectivity index (χ1n) is 9.00. The topological polar surface area (TPSA) is 57.5 Å². The van der Waals surface area contributed by atoms with E-state index in [1.165, 1.54) is 18.4 Å². The lowest BCUT2D eigenvalue weighted by Gasteiger charge is -2.31. The van der Waals surface area contributed by atoms with Crippen molar-refractivity contribution >= 4 is 0 Å². The summed E-state index contributed by atoms with van der Waals surface area (Å²) < 4.78 is 11.1. The van der Waals surface area contributed by atoms with Gasteiger partial charge in [-0.2, -0.15) is 5.26 Å². The van der Waals surface area contributed by atoms with Gasteiger partial charge in [-0.3, -0.25) is 4.90 Å². The number of hydrogen-bond donors (Lipinski definition) is 1. The van der Waals surface area contributed by atoms with Crippen LogP contribution in [0.1, 0.15) is 31.2 Å². The fourth-order valence-electron chi connectivity index (χ4n) is 3.04. The van der Waals surface area contributed by atoms with Crippen LogP contribution in [0.2, 0.25) is 0 Å². The summed E-state index contributed by atoms with van der Waals surface area (Å²) in [5.74, 6) is 1.49. The lowest BCUT2D eigenvalue weighted by molar-refractivity contribution is 0.214. The lowest BCUT2D eigenvalue weighted by atomic mass is 10.0. The number of methoxy groups -OCH3 is 1. The molecular formula is C20H29N3O2. The van der Waals surface area contributed by atoms with Crippen molar-refractivity contribution in [3.05, 3.63) is 36.4 Å². The molecule has 1 heterocycles. The van der Waals surface area contributed by atoms with E-state index in [4.69, 9.17) is 14.7 Å². The second-order valence-electron chi connectivity index (χ2n) is 6.34. The third-order valence-electron chi connectivity index (χ3n) is 4.49. The predicted molar refractivity (Wildman–Crippen MR) is 99.8 cm³/mol. The van der Waals surface area contributed by atoms with E-state index in [0.29, 0.717) is 19.1 Å². The van der Waals surface area contributed by atoms with Gasteiger partial charge in [-0.25, -0.2) is 0 Å². The van der Waals surface area contributed by atoms with Crippen LogP contribution in [-0.4, -0.2) is 44.3 Å². The van der Waals surface area contributed by atoms with Crippen LogP contribution in [0, 0.1) is 11.3 Å². The van der Waals surface area contributed by atoms with Crippen LogP contribution in [-0.2, 0) is 6.54 Å². The highest BCUT2D eigenvalue weighted by atomic mass is 16.5.